The fourth-order valence-electron chi connectivity index (χ4n) is 7.35. The molecule has 5 fully saturated rings. The molecule has 5 aliphatic heterocycles. The van der Waals surface area contributed by atoms with Gasteiger partial charge in [-0.2, -0.15) is 0 Å². The number of hydrogen-bond acceptors (Lipinski definition) is 25. The van der Waals surface area contributed by atoms with E-state index in [1.54, 1.807) is 0 Å². The fourth-order valence-corrected chi connectivity index (χ4v) is 7.35. The molecule has 1 amide bonds. The van der Waals surface area contributed by atoms with Gasteiger partial charge in [-0.25, -0.2) is 0 Å². The Bertz CT molecular complexity index is 1310. The Kier molecular flexibility index (Phi) is 16.5. The van der Waals surface area contributed by atoms with E-state index in [-0.39, 0.29) is 0 Å². The maximum atomic E-state index is 11.8. The first-order valence-electron chi connectivity index (χ1n) is 18.5. The predicted octanol–water partition coefficient (Wildman–Crippen LogP) is -10.8. The van der Waals surface area contributed by atoms with E-state index in [4.69, 9.17) is 42.6 Å². The van der Waals surface area contributed by atoms with Gasteiger partial charge in [-0.15, -0.1) is 0 Å². The number of nitrogens with one attached hydrogen (secondary N) is 1. The van der Waals surface area contributed by atoms with Crippen molar-refractivity contribution < 1.29 is 124 Å². The largest absolute Gasteiger partial charge is 0.394 e. The summed E-state index contributed by atoms with van der Waals surface area (Å²) in [7, 11) is 0. The molecule has 338 valence electrons. The highest BCUT2D eigenvalue weighted by Crippen LogP contribution is 2.36. The smallest absolute Gasteiger partial charge is 0.217 e. The first kappa shape index (κ1) is 47.6. The molecule has 26 heteroatoms. The highest BCUT2D eigenvalue weighted by molar-refractivity contribution is 5.73. The minimum absolute atomic E-state index is 0.699. The van der Waals surface area contributed by atoms with E-state index in [0.717, 1.165) is 6.92 Å². The summed E-state index contributed by atoms with van der Waals surface area (Å²) in [5, 5.41) is 161. The molecule has 0 aliphatic carbocycles. The Hall–Kier alpha value is -1.49. The minimum atomic E-state index is -2.14. The van der Waals surface area contributed by atoms with E-state index in [0.29, 0.717) is 0 Å². The molecule has 0 saturated carbocycles. The molecule has 5 heterocycles. The Morgan fingerprint density at radius 1 is 0.448 bits per heavy atom. The summed E-state index contributed by atoms with van der Waals surface area (Å²) < 4.78 is 50.2. The SMILES string of the molecule is CC(=O)N[C@H]1C(O)O[C@H](CO)[C@H](O)[C@@H]1O[C@@H]1O[C@H](CO)[C@H](O[C@H]2O[C@H](CO)[C@H](O)[C@H](O[C@H]3O[C@H](CO)[C@H](O)[C@H](O)[C@H]3O[C@@H]3O[C@@H](C)[C@@H](O)[C@@H](O)[C@@H]3O)[C@H]2O)[C@H](O)[C@H]1O. The minimum Gasteiger partial charge on any atom is -0.394 e. The summed E-state index contributed by atoms with van der Waals surface area (Å²) in [5.41, 5.74) is 0. The maximum absolute atomic E-state index is 11.8. The van der Waals surface area contributed by atoms with Crippen molar-refractivity contribution in [2.75, 3.05) is 26.4 Å². The number of aliphatic hydroxyl groups is 15. The van der Waals surface area contributed by atoms with Crippen LogP contribution in [-0.4, -0.2) is 262 Å². The second-order valence-corrected chi connectivity index (χ2v) is 14.7. The van der Waals surface area contributed by atoms with E-state index < -0.39 is 186 Å². The van der Waals surface area contributed by atoms with Crippen molar-refractivity contribution in [2.24, 2.45) is 0 Å². The molecule has 58 heavy (non-hydrogen) atoms. The van der Waals surface area contributed by atoms with Crippen molar-refractivity contribution in [3.05, 3.63) is 0 Å². The van der Waals surface area contributed by atoms with Gasteiger partial charge in [-0.3, -0.25) is 4.79 Å². The molecule has 5 rings (SSSR count). The van der Waals surface area contributed by atoms with Gasteiger partial charge in [0.25, 0.3) is 0 Å². The van der Waals surface area contributed by atoms with Gasteiger partial charge in [-0.1, -0.05) is 0 Å². The first-order valence-corrected chi connectivity index (χ1v) is 18.5. The fraction of sp³-hybridized carbons (Fsp3) is 0.969. The third-order valence-corrected chi connectivity index (χ3v) is 10.7. The Morgan fingerprint density at radius 2 is 0.879 bits per heavy atom. The van der Waals surface area contributed by atoms with Gasteiger partial charge in [0.05, 0.1) is 32.5 Å². The van der Waals surface area contributed by atoms with E-state index in [1.807, 2.05) is 0 Å². The Morgan fingerprint density at radius 3 is 1.48 bits per heavy atom. The van der Waals surface area contributed by atoms with Crippen LogP contribution >= 0.6 is 0 Å². The standard InChI is InChI=1S/C32H55NO25/c1-7-14(39)18(43)21(46)29(50-7)58-27-19(44)15(40)9(3-34)53-32(27)57-26-17(42)11(5-36)52-31(23(26)48)55-24-12(6-37)54-30(22(47)20(24)45)56-25-13(33-8(2)38)28(49)51-10(4-35)16(25)41/h7,9-32,34-37,39-49H,3-6H2,1-2H3,(H,33,38)/t7-,9+,10+,11+,12+,13+,14+,15-,16-,17-,18+,19-,20+,21-,22+,23+,24-,25+,26-,27+,28?,29-,30-,31+,32+/m0/s1. The molecule has 25 atom stereocenters. The zero-order chi connectivity index (χ0) is 42.9. The summed E-state index contributed by atoms with van der Waals surface area (Å²) in [6.45, 7) is -1.25. The van der Waals surface area contributed by atoms with Crippen molar-refractivity contribution in [3.8, 4) is 0 Å². The van der Waals surface area contributed by atoms with Crippen molar-refractivity contribution in [2.45, 2.75) is 167 Å². The lowest BCUT2D eigenvalue weighted by atomic mass is 9.95. The van der Waals surface area contributed by atoms with E-state index in [2.05, 4.69) is 5.32 Å². The number of aliphatic hydroxyl groups excluding tert-OH is 15. The highest BCUT2D eigenvalue weighted by Gasteiger charge is 2.56. The maximum Gasteiger partial charge on any atom is 0.217 e. The highest BCUT2D eigenvalue weighted by atomic mass is 16.8. The van der Waals surface area contributed by atoms with Crippen LogP contribution in [0.25, 0.3) is 0 Å². The summed E-state index contributed by atoms with van der Waals surface area (Å²) in [4.78, 5) is 11.8. The van der Waals surface area contributed by atoms with Crippen LogP contribution in [0.5, 0.6) is 0 Å². The average Bonchev–Trinajstić information content (AvgIpc) is 3.19. The van der Waals surface area contributed by atoms with Crippen LogP contribution in [0.3, 0.4) is 0 Å². The topological polar surface area (TPSA) is 416 Å². The molecule has 0 radical (unpaired) electrons. The van der Waals surface area contributed by atoms with Gasteiger partial charge in [0, 0.05) is 6.92 Å². The molecule has 5 aliphatic rings. The number of rotatable bonds is 13. The Balaban J connectivity index is 1.34. The van der Waals surface area contributed by atoms with E-state index >= 15 is 0 Å². The summed E-state index contributed by atoms with van der Waals surface area (Å²) in [6, 6.07) is -1.49. The third kappa shape index (κ3) is 9.75. The predicted molar refractivity (Wildman–Crippen MR) is 177 cm³/mol. The molecule has 0 aromatic rings. The number of ether oxygens (including phenoxy) is 9. The summed E-state index contributed by atoms with van der Waals surface area (Å²) in [5.74, 6) is -0.699. The van der Waals surface area contributed by atoms with Crippen molar-refractivity contribution >= 4 is 5.91 Å². The summed E-state index contributed by atoms with van der Waals surface area (Å²) >= 11 is 0. The second-order valence-electron chi connectivity index (χ2n) is 14.7. The first-order chi connectivity index (χ1) is 27.4. The number of amides is 1. The molecule has 0 bridgehead atoms. The molecular formula is C32H55NO25. The van der Waals surface area contributed by atoms with Crippen LogP contribution in [0.1, 0.15) is 13.8 Å². The number of carbonyl (C=O) groups is 1. The van der Waals surface area contributed by atoms with Crippen LogP contribution in [0.15, 0.2) is 0 Å². The van der Waals surface area contributed by atoms with Gasteiger partial charge in [-0.05, 0) is 6.92 Å². The lowest BCUT2D eigenvalue weighted by molar-refractivity contribution is -0.397. The second kappa shape index (κ2) is 20.1. The van der Waals surface area contributed by atoms with Crippen molar-refractivity contribution in [3.63, 3.8) is 0 Å². The third-order valence-electron chi connectivity index (χ3n) is 10.7. The van der Waals surface area contributed by atoms with Crippen LogP contribution in [0.2, 0.25) is 0 Å². The van der Waals surface area contributed by atoms with Crippen LogP contribution in [0.4, 0.5) is 0 Å². The van der Waals surface area contributed by atoms with Crippen molar-refractivity contribution in [1.29, 1.82) is 0 Å². The lowest BCUT2D eigenvalue weighted by Gasteiger charge is -2.50. The van der Waals surface area contributed by atoms with Gasteiger partial charge in [0.15, 0.2) is 31.5 Å². The van der Waals surface area contributed by atoms with E-state index in [1.165, 1.54) is 6.92 Å². The monoisotopic (exact) mass is 853 g/mol. The van der Waals surface area contributed by atoms with Crippen LogP contribution in [0, 0.1) is 0 Å². The molecule has 0 spiro atoms. The Labute approximate surface area is 329 Å². The number of carbonyl (C=O) groups excluding carboxylic acids is 1. The zero-order valence-electron chi connectivity index (χ0n) is 31.1. The van der Waals surface area contributed by atoms with E-state index in [9.17, 15) is 81.4 Å². The normalized spacial score (nSPS) is 51.6. The zero-order valence-corrected chi connectivity index (χ0v) is 31.1. The lowest BCUT2D eigenvalue weighted by Crippen LogP contribution is -2.69. The van der Waals surface area contributed by atoms with Gasteiger partial charge >= 0.3 is 0 Å². The average molecular weight is 854 g/mol. The van der Waals surface area contributed by atoms with Gasteiger partial charge < -0.3 is 125 Å². The molecule has 16 N–H and O–H groups in total. The van der Waals surface area contributed by atoms with Gasteiger partial charge in [0.1, 0.15) is 116 Å². The van der Waals surface area contributed by atoms with Gasteiger partial charge in [0.2, 0.25) is 5.91 Å². The molecule has 1 unspecified atom stereocenters. The molecule has 0 aromatic heterocycles. The van der Waals surface area contributed by atoms with Crippen LogP contribution in [-0.2, 0) is 47.4 Å². The molecule has 26 nitrogen and oxygen atoms in total. The summed E-state index contributed by atoms with van der Waals surface area (Å²) in [6.07, 6.45) is -43.4. The van der Waals surface area contributed by atoms with Crippen LogP contribution < -0.4 is 5.32 Å². The quantitative estimate of drug-likeness (QED) is 0.0818. The molecule has 5 saturated heterocycles. The van der Waals surface area contributed by atoms with Crippen molar-refractivity contribution in [1.82, 2.24) is 5.32 Å². The number of hydrogen-bond donors (Lipinski definition) is 16. The molecular weight excluding hydrogens is 798 g/mol. The molecule has 0 aromatic carbocycles.